The molecular formula is C10H8INO3S. The number of hydrogen-bond acceptors (Lipinski definition) is 4. The van der Waals surface area contributed by atoms with E-state index in [4.69, 9.17) is 4.74 Å². The molecule has 2 heterocycles. The van der Waals surface area contributed by atoms with E-state index in [1.807, 2.05) is 0 Å². The summed E-state index contributed by atoms with van der Waals surface area (Å²) in [6.07, 6.45) is 0. The van der Waals surface area contributed by atoms with Crippen molar-refractivity contribution in [2.24, 2.45) is 0 Å². The first kappa shape index (κ1) is 11.6. The van der Waals surface area contributed by atoms with Gasteiger partial charge in [-0.05, 0) is 35.6 Å². The van der Waals surface area contributed by atoms with Gasteiger partial charge in [0, 0.05) is 15.0 Å². The molecule has 6 heteroatoms. The molecule has 0 amide bonds. The lowest BCUT2D eigenvalue weighted by molar-refractivity contribution is 0.0531. The molecule has 0 aliphatic rings. The van der Waals surface area contributed by atoms with Crippen molar-refractivity contribution in [1.82, 2.24) is 4.98 Å². The quantitative estimate of drug-likeness (QED) is 0.669. The maximum Gasteiger partial charge on any atom is 0.349 e. The van der Waals surface area contributed by atoms with E-state index in [2.05, 4.69) is 27.6 Å². The van der Waals surface area contributed by atoms with Crippen molar-refractivity contribution in [2.45, 2.75) is 6.92 Å². The Morgan fingerprint density at radius 1 is 1.56 bits per heavy atom. The average Bonchev–Trinajstić information content (AvgIpc) is 2.56. The van der Waals surface area contributed by atoms with Crippen LogP contribution in [0, 0.1) is 3.57 Å². The Hall–Kier alpha value is -0.890. The van der Waals surface area contributed by atoms with Crippen LogP contribution in [0.25, 0.3) is 10.2 Å². The highest BCUT2D eigenvalue weighted by atomic mass is 127. The first-order valence-electron chi connectivity index (χ1n) is 4.62. The van der Waals surface area contributed by atoms with Crippen molar-refractivity contribution in [3.05, 3.63) is 30.9 Å². The van der Waals surface area contributed by atoms with Gasteiger partial charge in [-0.2, -0.15) is 0 Å². The summed E-state index contributed by atoms with van der Waals surface area (Å²) < 4.78 is 5.77. The van der Waals surface area contributed by atoms with Gasteiger partial charge in [0.25, 0.3) is 0 Å². The molecular weight excluding hydrogens is 341 g/mol. The molecule has 0 aromatic carbocycles. The number of ether oxygens (including phenoxy) is 1. The van der Waals surface area contributed by atoms with E-state index in [0.29, 0.717) is 16.3 Å². The maximum absolute atomic E-state index is 11.6. The minimum absolute atomic E-state index is 0.166. The third kappa shape index (κ3) is 1.99. The topological polar surface area (TPSA) is 59.2 Å². The molecule has 84 valence electrons. The summed E-state index contributed by atoms with van der Waals surface area (Å²) in [5.41, 5.74) is -0.166. The normalized spacial score (nSPS) is 10.6. The van der Waals surface area contributed by atoms with Crippen LogP contribution in [0.1, 0.15) is 16.6 Å². The van der Waals surface area contributed by atoms with Crippen LogP contribution in [0.2, 0.25) is 0 Å². The van der Waals surface area contributed by atoms with Crippen molar-refractivity contribution in [1.29, 1.82) is 0 Å². The molecule has 4 nitrogen and oxygen atoms in total. The molecule has 0 bridgehead atoms. The van der Waals surface area contributed by atoms with Gasteiger partial charge < -0.3 is 9.72 Å². The number of aromatic amines is 1. The molecule has 0 spiro atoms. The Morgan fingerprint density at radius 2 is 2.31 bits per heavy atom. The molecule has 0 unspecified atom stereocenters. The monoisotopic (exact) mass is 349 g/mol. The zero-order chi connectivity index (χ0) is 11.7. The molecule has 0 fully saturated rings. The zero-order valence-electron chi connectivity index (χ0n) is 8.37. The van der Waals surface area contributed by atoms with Gasteiger partial charge in [-0.3, -0.25) is 4.79 Å². The summed E-state index contributed by atoms with van der Waals surface area (Å²) in [7, 11) is 0. The lowest BCUT2D eigenvalue weighted by Crippen LogP contribution is -2.03. The third-order valence-electron chi connectivity index (χ3n) is 1.98. The number of esters is 1. The number of rotatable bonds is 2. The van der Waals surface area contributed by atoms with Crippen LogP contribution in [-0.4, -0.2) is 17.6 Å². The average molecular weight is 349 g/mol. The van der Waals surface area contributed by atoms with Crippen molar-refractivity contribution in [2.75, 3.05) is 6.61 Å². The maximum atomic E-state index is 11.6. The van der Waals surface area contributed by atoms with Gasteiger partial charge in [-0.1, -0.05) is 0 Å². The second-order valence-corrected chi connectivity index (χ2v) is 5.13. The van der Waals surface area contributed by atoms with Crippen molar-refractivity contribution >= 4 is 50.1 Å². The molecule has 2 aromatic rings. The Kier molecular flexibility index (Phi) is 3.29. The summed E-state index contributed by atoms with van der Waals surface area (Å²) in [6.45, 7) is 2.11. The van der Waals surface area contributed by atoms with Crippen LogP contribution < -0.4 is 5.56 Å². The molecule has 2 rings (SSSR count). The number of hydrogen-bond donors (Lipinski definition) is 1. The lowest BCUT2D eigenvalue weighted by atomic mass is 10.3. The Morgan fingerprint density at radius 3 is 3.00 bits per heavy atom. The minimum atomic E-state index is -0.339. The van der Waals surface area contributed by atoms with Crippen LogP contribution in [0.3, 0.4) is 0 Å². The van der Waals surface area contributed by atoms with E-state index in [9.17, 15) is 9.59 Å². The van der Waals surface area contributed by atoms with Crippen LogP contribution in [0.15, 0.2) is 16.9 Å². The van der Waals surface area contributed by atoms with Crippen LogP contribution in [0.4, 0.5) is 0 Å². The molecule has 0 radical (unpaired) electrons. The molecule has 0 atom stereocenters. The number of fused-ring (bicyclic) bond motifs is 1. The number of carbonyl (C=O) groups excluding carboxylic acids is 1. The van der Waals surface area contributed by atoms with Gasteiger partial charge in [0.1, 0.15) is 9.71 Å². The summed E-state index contributed by atoms with van der Waals surface area (Å²) >= 11 is 3.34. The Labute approximate surface area is 109 Å². The smallest absolute Gasteiger partial charge is 0.349 e. The van der Waals surface area contributed by atoms with Gasteiger partial charge in [0.15, 0.2) is 0 Å². The first-order chi connectivity index (χ1) is 7.63. The minimum Gasteiger partial charge on any atom is -0.462 e. The summed E-state index contributed by atoms with van der Waals surface area (Å²) in [6, 6.07) is 3.17. The van der Waals surface area contributed by atoms with Crippen molar-refractivity contribution < 1.29 is 9.53 Å². The number of halogens is 1. The zero-order valence-corrected chi connectivity index (χ0v) is 11.3. The van der Waals surface area contributed by atoms with E-state index in [0.717, 1.165) is 8.96 Å². The van der Waals surface area contributed by atoms with Crippen LogP contribution in [0.5, 0.6) is 0 Å². The van der Waals surface area contributed by atoms with E-state index >= 15 is 0 Å². The fraction of sp³-hybridized carbons (Fsp3) is 0.200. The predicted molar refractivity (Wildman–Crippen MR) is 71.1 cm³/mol. The fourth-order valence-corrected chi connectivity index (χ4v) is 3.47. The van der Waals surface area contributed by atoms with Gasteiger partial charge in [-0.25, -0.2) is 4.79 Å². The standard InChI is InChI=1S/C10H8INO3S/c1-2-15-10(14)8-7(11)5-3-4-6(13)12-9(5)16-8/h3-4H,2H2,1H3,(H,12,13). The second-order valence-electron chi connectivity index (χ2n) is 3.03. The molecule has 16 heavy (non-hydrogen) atoms. The fourth-order valence-electron chi connectivity index (χ4n) is 1.31. The van der Waals surface area contributed by atoms with Gasteiger partial charge in [0.2, 0.25) is 5.56 Å². The number of H-pyrrole nitrogens is 1. The number of nitrogens with one attached hydrogen (secondary N) is 1. The van der Waals surface area contributed by atoms with Crippen molar-refractivity contribution in [3.8, 4) is 0 Å². The molecule has 1 N–H and O–H groups in total. The van der Waals surface area contributed by atoms with Gasteiger partial charge in [-0.15, -0.1) is 11.3 Å². The van der Waals surface area contributed by atoms with E-state index in [1.54, 1.807) is 13.0 Å². The second kappa shape index (κ2) is 4.54. The summed E-state index contributed by atoms with van der Waals surface area (Å²) in [5.74, 6) is -0.339. The van der Waals surface area contributed by atoms with E-state index in [-0.39, 0.29) is 11.5 Å². The molecule has 0 aliphatic heterocycles. The van der Waals surface area contributed by atoms with Crippen LogP contribution >= 0.6 is 33.9 Å². The summed E-state index contributed by atoms with van der Waals surface area (Å²) in [4.78, 5) is 26.7. The molecule has 0 aliphatic carbocycles. The number of carbonyl (C=O) groups is 1. The SMILES string of the molecule is CCOC(=O)c1sc2[nH]c(=O)ccc2c1I. The molecule has 2 aromatic heterocycles. The number of thiophene rings is 1. The summed E-state index contributed by atoms with van der Waals surface area (Å²) in [5, 5.41) is 0.883. The third-order valence-corrected chi connectivity index (χ3v) is 4.57. The van der Waals surface area contributed by atoms with E-state index in [1.165, 1.54) is 17.4 Å². The van der Waals surface area contributed by atoms with Crippen molar-refractivity contribution in [3.63, 3.8) is 0 Å². The first-order valence-corrected chi connectivity index (χ1v) is 6.51. The molecule has 0 saturated carbocycles. The highest BCUT2D eigenvalue weighted by Gasteiger charge is 2.17. The Bertz CT molecular complexity index is 602. The number of aromatic nitrogens is 1. The van der Waals surface area contributed by atoms with Gasteiger partial charge in [0.05, 0.1) is 6.61 Å². The highest BCUT2D eigenvalue weighted by molar-refractivity contribution is 14.1. The molecule has 0 saturated heterocycles. The van der Waals surface area contributed by atoms with Crippen LogP contribution in [-0.2, 0) is 4.74 Å². The van der Waals surface area contributed by atoms with E-state index < -0.39 is 0 Å². The van der Waals surface area contributed by atoms with Gasteiger partial charge >= 0.3 is 5.97 Å². The lowest BCUT2D eigenvalue weighted by Gasteiger charge is -1.97. The predicted octanol–water partition coefficient (Wildman–Crippen LogP) is 2.37. The number of pyridine rings is 1. The Balaban J connectivity index is 2.60. The largest absolute Gasteiger partial charge is 0.462 e. The highest BCUT2D eigenvalue weighted by Crippen LogP contribution is 2.30.